The second kappa shape index (κ2) is 8.07. The maximum Gasteiger partial charge on any atom is 0.241 e. The maximum absolute atomic E-state index is 13.4. The van der Waals surface area contributed by atoms with Gasteiger partial charge in [-0.1, -0.05) is 23.8 Å². The van der Waals surface area contributed by atoms with Crippen molar-refractivity contribution in [3.63, 3.8) is 0 Å². The van der Waals surface area contributed by atoms with Crippen molar-refractivity contribution < 1.29 is 17.6 Å². The van der Waals surface area contributed by atoms with Crippen molar-refractivity contribution in [3.05, 3.63) is 63.9 Å². The quantitative estimate of drug-likeness (QED) is 0.742. The summed E-state index contributed by atoms with van der Waals surface area (Å²) < 4.78 is 40.6. The Labute approximate surface area is 154 Å². The summed E-state index contributed by atoms with van der Waals surface area (Å²) in [5.74, 6) is -0.932. The van der Waals surface area contributed by atoms with Crippen molar-refractivity contribution in [2.24, 2.45) is 0 Å². The van der Waals surface area contributed by atoms with Crippen molar-refractivity contribution in [1.29, 1.82) is 0 Å². The van der Waals surface area contributed by atoms with E-state index in [1.54, 1.807) is 24.3 Å². The number of carbonyl (C=O) groups is 1. The highest BCUT2D eigenvalue weighted by Crippen LogP contribution is 2.16. The van der Waals surface area contributed by atoms with E-state index >= 15 is 0 Å². The molecule has 25 heavy (non-hydrogen) atoms. The minimum absolute atomic E-state index is 0.0905. The number of hydrogen-bond donors (Lipinski definition) is 2. The van der Waals surface area contributed by atoms with Gasteiger partial charge >= 0.3 is 0 Å². The molecular weight excluding hydrogens is 411 g/mol. The summed E-state index contributed by atoms with van der Waals surface area (Å²) in [6.07, 6.45) is 0. The van der Waals surface area contributed by atoms with E-state index in [1.165, 1.54) is 25.1 Å². The molecule has 134 valence electrons. The highest BCUT2D eigenvalue weighted by molar-refractivity contribution is 9.10. The molecule has 5 nitrogen and oxygen atoms in total. The van der Waals surface area contributed by atoms with Gasteiger partial charge in [0.15, 0.2) is 0 Å². The average Bonchev–Trinajstić information content (AvgIpc) is 2.55. The van der Waals surface area contributed by atoms with Crippen LogP contribution in [0.2, 0.25) is 0 Å². The lowest BCUT2D eigenvalue weighted by Crippen LogP contribution is -2.44. The molecular formula is C17H18BrFN2O3S. The van der Waals surface area contributed by atoms with E-state index in [2.05, 4.69) is 26.0 Å². The number of rotatable bonds is 6. The first-order valence-electron chi connectivity index (χ1n) is 7.49. The van der Waals surface area contributed by atoms with E-state index in [1.807, 2.05) is 6.92 Å². The first-order valence-corrected chi connectivity index (χ1v) is 9.77. The van der Waals surface area contributed by atoms with Gasteiger partial charge in [0.2, 0.25) is 15.9 Å². The fraction of sp³-hybridized carbons (Fsp3) is 0.235. The zero-order valence-corrected chi connectivity index (χ0v) is 16.1. The van der Waals surface area contributed by atoms with Gasteiger partial charge in [-0.15, -0.1) is 0 Å². The molecule has 0 fully saturated rings. The highest BCUT2D eigenvalue weighted by atomic mass is 79.9. The van der Waals surface area contributed by atoms with Gasteiger partial charge in [-0.25, -0.2) is 12.8 Å². The summed E-state index contributed by atoms with van der Waals surface area (Å²) in [5.41, 5.74) is 1.51. The van der Waals surface area contributed by atoms with E-state index in [0.29, 0.717) is 10.0 Å². The first-order chi connectivity index (χ1) is 11.7. The van der Waals surface area contributed by atoms with E-state index in [-0.39, 0.29) is 11.4 Å². The molecule has 2 rings (SSSR count). The molecule has 1 amide bonds. The Bertz CT molecular complexity index is 870. The van der Waals surface area contributed by atoms with Crippen LogP contribution in [0.4, 0.5) is 4.39 Å². The monoisotopic (exact) mass is 428 g/mol. The highest BCUT2D eigenvalue weighted by Gasteiger charge is 2.21. The summed E-state index contributed by atoms with van der Waals surface area (Å²) in [7, 11) is -3.79. The standard InChI is InChI=1S/C17H18BrFN2O3S/c1-11-3-6-14(7-4-11)25(23,24)21-12(2)17(22)20-10-13-5-8-15(18)16(19)9-13/h3-9,12,21H,10H2,1-2H3,(H,20,22)/t12-/m0/s1. The van der Waals surface area contributed by atoms with Gasteiger partial charge in [0.1, 0.15) is 5.82 Å². The minimum atomic E-state index is -3.79. The van der Waals surface area contributed by atoms with Crippen LogP contribution in [0, 0.1) is 12.7 Å². The Morgan fingerprint density at radius 1 is 1.20 bits per heavy atom. The molecule has 0 aliphatic rings. The Balaban J connectivity index is 1.97. The predicted molar refractivity (Wildman–Crippen MR) is 96.9 cm³/mol. The third kappa shape index (κ3) is 5.35. The van der Waals surface area contributed by atoms with E-state index in [9.17, 15) is 17.6 Å². The van der Waals surface area contributed by atoms with Crippen molar-refractivity contribution in [3.8, 4) is 0 Å². The summed E-state index contributed by atoms with van der Waals surface area (Å²) in [6, 6.07) is 9.86. The van der Waals surface area contributed by atoms with Gasteiger partial charge in [0, 0.05) is 6.54 Å². The zero-order valence-electron chi connectivity index (χ0n) is 13.7. The second-order valence-electron chi connectivity index (χ2n) is 5.62. The van der Waals surface area contributed by atoms with Gasteiger partial charge in [0.05, 0.1) is 15.4 Å². The molecule has 0 saturated carbocycles. The van der Waals surface area contributed by atoms with Crippen LogP contribution in [0.25, 0.3) is 0 Å². The molecule has 0 unspecified atom stereocenters. The van der Waals surface area contributed by atoms with Crippen LogP contribution in [0.15, 0.2) is 51.8 Å². The summed E-state index contributed by atoms with van der Waals surface area (Å²) in [4.78, 5) is 12.2. The number of benzene rings is 2. The van der Waals surface area contributed by atoms with Crippen molar-refractivity contribution in [1.82, 2.24) is 10.0 Å². The van der Waals surface area contributed by atoms with Gasteiger partial charge in [-0.3, -0.25) is 4.79 Å². The molecule has 0 aromatic heterocycles. The zero-order chi connectivity index (χ0) is 18.6. The van der Waals surface area contributed by atoms with E-state index < -0.39 is 27.8 Å². The SMILES string of the molecule is Cc1ccc(S(=O)(=O)N[C@@H](C)C(=O)NCc2ccc(Br)c(F)c2)cc1. The third-order valence-electron chi connectivity index (χ3n) is 3.51. The molecule has 0 saturated heterocycles. The molecule has 0 heterocycles. The van der Waals surface area contributed by atoms with Crippen LogP contribution in [0.3, 0.4) is 0 Å². The molecule has 0 bridgehead atoms. The lowest BCUT2D eigenvalue weighted by Gasteiger charge is -2.15. The Morgan fingerprint density at radius 2 is 1.84 bits per heavy atom. The Morgan fingerprint density at radius 3 is 2.44 bits per heavy atom. The van der Waals surface area contributed by atoms with E-state index in [0.717, 1.165) is 5.56 Å². The average molecular weight is 429 g/mol. The van der Waals surface area contributed by atoms with Crippen molar-refractivity contribution in [2.75, 3.05) is 0 Å². The normalized spacial score (nSPS) is 12.6. The predicted octanol–water partition coefficient (Wildman–Crippen LogP) is 2.88. The molecule has 0 spiro atoms. The van der Waals surface area contributed by atoms with Crippen LogP contribution in [0.5, 0.6) is 0 Å². The fourth-order valence-corrected chi connectivity index (χ4v) is 3.51. The fourth-order valence-electron chi connectivity index (χ4n) is 2.06. The third-order valence-corrected chi connectivity index (χ3v) is 5.71. The van der Waals surface area contributed by atoms with Gasteiger partial charge in [0.25, 0.3) is 0 Å². The molecule has 1 atom stereocenters. The maximum atomic E-state index is 13.4. The number of sulfonamides is 1. The van der Waals surface area contributed by atoms with Gasteiger partial charge in [-0.05, 0) is 59.6 Å². The van der Waals surface area contributed by atoms with Crippen molar-refractivity contribution >= 4 is 31.9 Å². The second-order valence-corrected chi connectivity index (χ2v) is 8.19. The topological polar surface area (TPSA) is 75.3 Å². The minimum Gasteiger partial charge on any atom is -0.351 e. The van der Waals surface area contributed by atoms with Crippen LogP contribution in [0.1, 0.15) is 18.1 Å². The van der Waals surface area contributed by atoms with Crippen LogP contribution in [-0.4, -0.2) is 20.4 Å². The molecule has 8 heteroatoms. The molecule has 0 aliphatic carbocycles. The first kappa shape index (κ1) is 19.6. The Kier molecular flexibility index (Phi) is 6.31. The summed E-state index contributed by atoms with van der Waals surface area (Å²) >= 11 is 3.05. The van der Waals surface area contributed by atoms with Crippen LogP contribution < -0.4 is 10.0 Å². The lowest BCUT2D eigenvalue weighted by atomic mass is 10.2. The van der Waals surface area contributed by atoms with Crippen molar-refractivity contribution in [2.45, 2.75) is 31.3 Å². The molecule has 0 radical (unpaired) electrons. The van der Waals surface area contributed by atoms with Gasteiger partial charge < -0.3 is 5.32 Å². The molecule has 0 aliphatic heterocycles. The number of halogens is 2. The van der Waals surface area contributed by atoms with E-state index in [4.69, 9.17) is 0 Å². The largest absolute Gasteiger partial charge is 0.351 e. The summed E-state index contributed by atoms with van der Waals surface area (Å²) in [6.45, 7) is 3.40. The molecule has 2 aromatic rings. The Hall–Kier alpha value is -1.77. The van der Waals surface area contributed by atoms with Gasteiger partial charge in [-0.2, -0.15) is 4.72 Å². The number of nitrogens with one attached hydrogen (secondary N) is 2. The smallest absolute Gasteiger partial charge is 0.241 e. The summed E-state index contributed by atoms with van der Waals surface area (Å²) in [5, 5.41) is 2.58. The molecule has 2 aromatic carbocycles. The number of hydrogen-bond acceptors (Lipinski definition) is 3. The molecule has 2 N–H and O–H groups in total. The number of aryl methyl sites for hydroxylation is 1. The number of amides is 1. The number of carbonyl (C=O) groups excluding carboxylic acids is 1. The van der Waals surface area contributed by atoms with Crippen LogP contribution in [-0.2, 0) is 21.4 Å². The lowest BCUT2D eigenvalue weighted by molar-refractivity contribution is -0.122. The van der Waals surface area contributed by atoms with Crippen LogP contribution >= 0.6 is 15.9 Å².